The summed E-state index contributed by atoms with van der Waals surface area (Å²) < 4.78 is 4.51. The highest BCUT2D eigenvalue weighted by atomic mass is 16.5. The normalized spacial score (nSPS) is 11.8. The zero-order valence-corrected chi connectivity index (χ0v) is 6.53. The number of ether oxygens (including phenoxy) is 1. The number of hydrogen-bond acceptors (Lipinski definition) is 4. The number of hydrogen-bond donors (Lipinski definition) is 2. The first-order chi connectivity index (χ1) is 5.57. The SMILES string of the molecule is C=CCOC(=O)[C@@H](N)CC(=O)O. The van der Waals surface area contributed by atoms with E-state index < -0.39 is 24.4 Å². The molecule has 12 heavy (non-hydrogen) atoms. The second-order valence-electron chi connectivity index (χ2n) is 2.12. The van der Waals surface area contributed by atoms with Crippen molar-refractivity contribution in [2.45, 2.75) is 12.5 Å². The van der Waals surface area contributed by atoms with E-state index in [0.29, 0.717) is 0 Å². The summed E-state index contributed by atoms with van der Waals surface area (Å²) in [6.07, 6.45) is 0.960. The molecule has 68 valence electrons. The molecule has 0 heterocycles. The van der Waals surface area contributed by atoms with E-state index in [4.69, 9.17) is 10.8 Å². The number of carboxylic acids is 1. The van der Waals surface area contributed by atoms with Crippen LogP contribution >= 0.6 is 0 Å². The zero-order valence-electron chi connectivity index (χ0n) is 6.53. The molecule has 0 aromatic carbocycles. The van der Waals surface area contributed by atoms with Crippen molar-refractivity contribution in [3.8, 4) is 0 Å². The molecule has 0 bridgehead atoms. The second kappa shape index (κ2) is 5.31. The second-order valence-corrected chi connectivity index (χ2v) is 2.12. The summed E-state index contributed by atoms with van der Waals surface area (Å²) in [7, 11) is 0. The smallest absolute Gasteiger partial charge is 0.323 e. The molecule has 0 saturated carbocycles. The minimum atomic E-state index is -1.13. The molecule has 0 aromatic heterocycles. The monoisotopic (exact) mass is 173 g/mol. The van der Waals surface area contributed by atoms with Gasteiger partial charge in [0.05, 0.1) is 6.42 Å². The van der Waals surface area contributed by atoms with Crippen molar-refractivity contribution in [2.24, 2.45) is 5.73 Å². The van der Waals surface area contributed by atoms with Crippen LogP contribution in [0.4, 0.5) is 0 Å². The number of esters is 1. The van der Waals surface area contributed by atoms with Gasteiger partial charge in [-0.25, -0.2) is 0 Å². The van der Waals surface area contributed by atoms with Crippen molar-refractivity contribution < 1.29 is 19.4 Å². The molecule has 0 aliphatic heterocycles. The first kappa shape index (κ1) is 10.6. The molecular formula is C7H11NO4. The zero-order chi connectivity index (χ0) is 9.56. The summed E-state index contributed by atoms with van der Waals surface area (Å²) in [5.41, 5.74) is 5.17. The van der Waals surface area contributed by atoms with Crippen molar-refractivity contribution >= 4 is 11.9 Å². The summed E-state index contributed by atoms with van der Waals surface area (Å²) in [6.45, 7) is 3.37. The molecule has 0 radical (unpaired) electrons. The van der Waals surface area contributed by atoms with E-state index in [0.717, 1.165) is 0 Å². The lowest BCUT2D eigenvalue weighted by atomic mass is 10.2. The maximum atomic E-state index is 10.8. The first-order valence-electron chi connectivity index (χ1n) is 3.32. The molecule has 0 spiro atoms. The van der Waals surface area contributed by atoms with Crippen LogP contribution < -0.4 is 5.73 Å². The topological polar surface area (TPSA) is 89.6 Å². The van der Waals surface area contributed by atoms with Crippen molar-refractivity contribution in [3.05, 3.63) is 12.7 Å². The highest BCUT2D eigenvalue weighted by Crippen LogP contribution is 1.92. The fraction of sp³-hybridized carbons (Fsp3) is 0.429. The van der Waals surface area contributed by atoms with E-state index in [9.17, 15) is 9.59 Å². The van der Waals surface area contributed by atoms with Gasteiger partial charge in [-0.15, -0.1) is 0 Å². The van der Waals surface area contributed by atoms with Crippen LogP contribution in [0.25, 0.3) is 0 Å². The Labute approximate surface area is 69.8 Å². The van der Waals surface area contributed by atoms with Gasteiger partial charge in [-0.2, -0.15) is 0 Å². The quantitative estimate of drug-likeness (QED) is 0.433. The van der Waals surface area contributed by atoms with Crippen molar-refractivity contribution in [3.63, 3.8) is 0 Å². The average Bonchev–Trinajstić information content (AvgIpc) is 1.98. The van der Waals surface area contributed by atoms with Gasteiger partial charge >= 0.3 is 11.9 Å². The molecule has 0 aromatic rings. The molecule has 0 fully saturated rings. The lowest BCUT2D eigenvalue weighted by Gasteiger charge is -2.06. The van der Waals surface area contributed by atoms with Gasteiger partial charge in [-0.1, -0.05) is 12.7 Å². The highest BCUT2D eigenvalue weighted by Gasteiger charge is 2.17. The largest absolute Gasteiger partial charge is 0.481 e. The van der Waals surface area contributed by atoms with Crippen LogP contribution in [0.15, 0.2) is 12.7 Å². The van der Waals surface area contributed by atoms with Crippen LogP contribution in [0.2, 0.25) is 0 Å². The van der Waals surface area contributed by atoms with Gasteiger partial charge in [0.15, 0.2) is 0 Å². The minimum absolute atomic E-state index is 0.0478. The fourth-order valence-corrected chi connectivity index (χ4v) is 0.520. The Kier molecular flexibility index (Phi) is 4.71. The third kappa shape index (κ3) is 4.45. The van der Waals surface area contributed by atoms with Crippen LogP contribution in [-0.4, -0.2) is 29.7 Å². The van der Waals surface area contributed by atoms with E-state index in [2.05, 4.69) is 11.3 Å². The summed E-state index contributed by atoms with van der Waals surface area (Å²) in [4.78, 5) is 20.9. The van der Waals surface area contributed by atoms with Crippen LogP contribution in [0.3, 0.4) is 0 Å². The van der Waals surface area contributed by atoms with Crippen molar-refractivity contribution in [1.29, 1.82) is 0 Å². The molecule has 5 heteroatoms. The molecule has 3 N–H and O–H groups in total. The van der Waals surface area contributed by atoms with E-state index >= 15 is 0 Å². The van der Waals surface area contributed by atoms with Crippen LogP contribution in [-0.2, 0) is 14.3 Å². The van der Waals surface area contributed by atoms with Gasteiger partial charge in [0.2, 0.25) is 0 Å². The molecule has 0 amide bonds. The first-order valence-corrected chi connectivity index (χ1v) is 3.32. The molecule has 0 rings (SSSR count). The average molecular weight is 173 g/mol. The van der Waals surface area contributed by atoms with Crippen LogP contribution in [0.5, 0.6) is 0 Å². The maximum absolute atomic E-state index is 10.8. The fourth-order valence-electron chi connectivity index (χ4n) is 0.520. The van der Waals surface area contributed by atoms with Gasteiger partial charge in [-0.05, 0) is 0 Å². The Hall–Kier alpha value is -1.36. The number of carbonyl (C=O) groups is 2. The van der Waals surface area contributed by atoms with E-state index in [1.165, 1.54) is 6.08 Å². The number of carboxylic acid groups (broad SMARTS) is 1. The van der Waals surface area contributed by atoms with E-state index in [1.54, 1.807) is 0 Å². The Bertz CT molecular complexity index is 190. The van der Waals surface area contributed by atoms with Crippen molar-refractivity contribution in [2.75, 3.05) is 6.61 Å². The van der Waals surface area contributed by atoms with Gasteiger partial charge in [0.1, 0.15) is 12.6 Å². The summed E-state index contributed by atoms with van der Waals surface area (Å²) in [5.74, 6) is -1.85. The number of rotatable bonds is 5. The Morgan fingerprint density at radius 2 is 2.25 bits per heavy atom. The number of aliphatic carboxylic acids is 1. The predicted octanol–water partition coefficient (Wildman–Crippen LogP) is -0.482. The van der Waals surface area contributed by atoms with Gasteiger partial charge in [-0.3, -0.25) is 9.59 Å². The molecule has 5 nitrogen and oxygen atoms in total. The molecule has 1 atom stereocenters. The highest BCUT2D eigenvalue weighted by molar-refractivity contribution is 5.81. The number of nitrogens with two attached hydrogens (primary N) is 1. The van der Waals surface area contributed by atoms with Crippen molar-refractivity contribution in [1.82, 2.24) is 0 Å². The van der Waals surface area contributed by atoms with Crippen LogP contribution in [0.1, 0.15) is 6.42 Å². The number of carbonyl (C=O) groups excluding carboxylic acids is 1. The lowest BCUT2D eigenvalue weighted by molar-refractivity contribution is -0.148. The third-order valence-electron chi connectivity index (χ3n) is 1.04. The summed E-state index contributed by atoms with van der Waals surface area (Å²) in [6, 6.07) is -1.09. The Morgan fingerprint density at radius 3 is 2.67 bits per heavy atom. The van der Waals surface area contributed by atoms with Crippen LogP contribution in [0, 0.1) is 0 Å². The van der Waals surface area contributed by atoms with Gasteiger partial charge < -0.3 is 15.6 Å². The Morgan fingerprint density at radius 1 is 1.67 bits per heavy atom. The van der Waals surface area contributed by atoms with Gasteiger partial charge in [0.25, 0.3) is 0 Å². The van der Waals surface area contributed by atoms with E-state index in [-0.39, 0.29) is 6.61 Å². The third-order valence-corrected chi connectivity index (χ3v) is 1.04. The molecule has 0 saturated heterocycles. The summed E-state index contributed by atoms with van der Waals surface area (Å²) in [5, 5.41) is 8.25. The molecule has 0 aliphatic rings. The lowest BCUT2D eigenvalue weighted by Crippen LogP contribution is -2.34. The molecule has 0 aliphatic carbocycles. The molecule has 0 unspecified atom stereocenters. The van der Waals surface area contributed by atoms with E-state index in [1.807, 2.05) is 0 Å². The minimum Gasteiger partial charge on any atom is -0.481 e. The predicted molar refractivity (Wildman–Crippen MR) is 41.4 cm³/mol. The van der Waals surface area contributed by atoms with Gasteiger partial charge in [0, 0.05) is 0 Å². The maximum Gasteiger partial charge on any atom is 0.323 e. The Balaban J connectivity index is 3.76. The summed E-state index contributed by atoms with van der Waals surface area (Å²) >= 11 is 0. The standard InChI is InChI=1S/C7H11NO4/c1-2-3-12-7(11)5(8)4-6(9)10/h2,5H,1,3-4,8H2,(H,9,10)/t5-/m0/s1. The molecular weight excluding hydrogens is 162 g/mol.